The molecule has 2 heterocycles. The van der Waals surface area contributed by atoms with Gasteiger partial charge in [0.2, 0.25) is 0 Å². The molecule has 1 fully saturated rings. The SMILES string of the molecule is Cl.NC1(c2noc(-c3cc(-c4ccc(Br)cc4)n[nH]3)n2)CCC1. The van der Waals surface area contributed by atoms with Crippen molar-refractivity contribution in [2.75, 3.05) is 0 Å². The zero-order valence-corrected chi connectivity index (χ0v) is 14.5. The van der Waals surface area contributed by atoms with Crippen LogP contribution in [0.5, 0.6) is 0 Å². The molecule has 1 aliphatic rings. The quantitative estimate of drug-likeness (QED) is 0.705. The second kappa shape index (κ2) is 6.07. The molecule has 0 atom stereocenters. The molecule has 1 aliphatic carbocycles. The van der Waals surface area contributed by atoms with Crippen molar-refractivity contribution < 1.29 is 4.52 Å². The number of aromatic amines is 1. The molecule has 0 spiro atoms. The van der Waals surface area contributed by atoms with Crippen LogP contribution in [-0.4, -0.2) is 20.3 Å². The Morgan fingerprint density at radius 3 is 2.61 bits per heavy atom. The second-order valence-electron chi connectivity index (χ2n) is 5.61. The van der Waals surface area contributed by atoms with E-state index in [1.807, 2.05) is 30.3 Å². The van der Waals surface area contributed by atoms with Gasteiger partial charge in [-0.2, -0.15) is 10.1 Å². The zero-order valence-electron chi connectivity index (χ0n) is 12.1. The number of halogens is 2. The standard InChI is InChI=1S/C15H14BrN5O.ClH/c16-10-4-2-9(3-5-10)11-8-12(20-19-11)13-18-14(21-22-13)15(17)6-1-7-15;/h2-5,8H,1,6-7,17H2,(H,19,20);1H. The molecule has 1 saturated carbocycles. The molecule has 4 rings (SSSR count). The van der Waals surface area contributed by atoms with Gasteiger partial charge >= 0.3 is 0 Å². The first kappa shape index (κ1) is 16.2. The summed E-state index contributed by atoms with van der Waals surface area (Å²) in [5.41, 5.74) is 8.33. The number of nitrogens with two attached hydrogens (primary N) is 1. The molecule has 0 amide bonds. The Morgan fingerprint density at radius 2 is 1.96 bits per heavy atom. The highest BCUT2D eigenvalue weighted by molar-refractivity contribution is 9.10. The van der Waals surface area contributed by atoms with E-state index in [0.717, 1.165) is 35.0 Å². The summed E-state index contributed by atoms with van der Waals surface area (Å²) in [4.78, 5) is 4.41. The molecule has 0 saturated heterocycles. The highest BCUT2D eigenvalue weighted by Gasteiger charge is 2.39. The van der Waals surface area contributed by atoms with Crippen molar-refractivity contribution in [2.24, 2.45) is 5.73 Å². The maximum atomic E-state index is 6.21. The Balaban J connectivity index is 0.00000156. The van der Waals surface area contributed by atoms with Gasteiger partial charge in [-0.05, 0) is 37.5 Å². The van der Waals surface area contributed by atoms with E-state index in [-0.39, 0.29) is 12.4 Å². The topological polar surface area (TPSA) is 93.6 Å². The first-order valence-electron chi connectivity index (χ1n) is 7.09. The van der Waals surface area contributed by atoms with Crippen LogP contribution in [0.15, 0.2) is 39.3 Å². The normalized spacial score (nSPS) is 15.7. The summed E-state index contributed by atoms with van der Waals surface area (Å²) >= 11 is 3.42. The van der Waals surface area contributed by atoms with Gasteiger partial charge in [0.05, 0.1) is 11.2 Å². The highest BCUT2D eigenvalue weighted by Crippen LogP contribution is 2.37. The third-order valence-corrected chi connectivity index (χ3v) is 4.59. The van der Waals surface area contributed by atoms with Gasteiger partial charge in [0.15, 0.2) is 5.82 Å². The van der Waals surface area contributed by atoms with Gasteiger partial charge in [0.1, 0.15) is 5.69 Å². The van der Waals surface area contributed by atoms with Crippen LogP contribution in [0.1, 0.15) is 25.1 Å². The molecule has 23 heavy (non-hydrogen) atoms. The van der Waals surface area contributed by atoms with E-state index in [2.05, 4.69) is 36.3 Å². The monoisotopic (exact) mass is 395 g/mol. The number of hydrogen-bond acceptors (Lipinski definition) is 5. The number of nitrogens with zero attached hydrogens (tertiary/aromatic N) is 3. The van der Waals surface area contributed by atoms with Crippen LogP contribution in [0.4, 0.5) is 0 Å². The average molecular weight is 397 g/mol. The average Bonchev–Trinajstić information content (AvgIpc) is 3.14. The van der Waals surface area contributed by atoms with E-state index in [4.69, 9.17) is 10.3 Å². The lowest BCUT2D eigenvalue weighted by atomic mass is 9.77. The molecular formula is C15H15BrClN5O. The number of benzene rings is 1. The first-order valence-corrected chi connectivity index (χ1v) is 7.88. The minimum absolute atomic E-state index is 0. The molecule has 0 aliphatic heterocycles. The Bertz CT molecular complexity index is 809. The third-order valence-electron chi connectivity index (χ3n) is 4.07. The first-order chi connectivity index (χ1) is 10.6. The van der Waals surface area contributed by atoms with Gasteiger partial charge in [-0.15, -0.1) is 12.4 Å². The molecule has 3 aromatic rings. The van der Waals surface area contributed by atoms with Gasteiger partial charge in [0.25, 0.3) is 5.89 Å². The molecular weight excluding hydrogens is 382 g/mol. The summed E-state index contributed by atoms with van der Waals surface area (Å²) in [6, 6.07) is 9.83. The Hall–Kier alpha value is -1.70. The van der Waals surface area contributed by atoms with Crippen molar-refractivity contribution in [3.63, 3.8) is 0 Å². The summed E-state index contributed by atoms with van der Waals surface area (Å²) < 4.78 is 6.35. The molecule has 0 radical (unpaired) electrons. The fraction of sp³-hybridized carbons (Fsp3) is 0.267. The number of hydrogen-bond donors (Lipinski definition) is 2. The molecule has 8 heteroatoms. The van der Waals surface area contributed by atoms with Gasteiger partial charge in [-0.25, -0.2) is 0 Å². The van der Waals surface area contributed by atoms with Crippen LogP contribution in [0.2, 0.25) is 0 Å². The van der Waals surface area contributed by atoms with Crippen LogP contribution in [0.25, 0.3) is 22.8 Å². The minimum Gasteiger partial charge on any atom is -0.332 e. The van der Waals surface area contributed by atoms with Crippen molar-refractivity contribution >= 4 is 28.3 Å². The highest BCUT2D eigenvalue weighted by atomic mass is 79.9. The fourth-order valence-corrected chi connectivity index (χ4v) is 2.78. The van der Waals surface area contributed by atoms with Crippen LogP contribution in [0.3, 0.4) is 0 Å². The minimum atomic E-state index is -0.420. The summed E-state index contributed by atoms with van der Waals surface area (Å²) in [6.45, 7) is 0. The lowest BCUT2D eigenvalue weighted by molar-refractivity contribution is 0.229. The van der Waals surface area contributed by atoms with Crippen molar-refractivity contribution in [2.45, 2.75) is 24.8 Å². The lowest BCUT2D eigenvalue weighted by Gasteiger charge is -2.34. The van der Waals surface area contributed by atoms with Crippen LogP contribution in [-0.2, 0) is 5.54 Å². The Kier molecular flexibility index (Phi) is 4.27. The van der Waals surface area contributed by atoms with Gasteiger partial charge in [-0.1, -0.05) is 33.2 Å². The van der Waals surface area contributed by atoms with Gasteiger partial charge in [-0.3, -0.25) is 5.10 Å². The van der Waals surface area contributed by atoms with Crippen LogP contribution < -0.4 is 5.73 Å². The largest absolute Gasteiger partial charge is 0.332 e. The van der Waals surface area contributed by atoms with Crippen molar-refractivity contribution in [1.82, 2.24) is 20.3 Å². The van der Waals surface area contributed by atoms with Crippen molar-refractivity contribution in [1.29, 1.82) is 0 Å². The summed E-state index contributed by atoms with van der Waals surface area (Å²) in [7, 11) is 0. The van der Waals surface area contributed by atoms with Crippen molar-refractivity contribution in [3.05, 3.63) is 40.6 Å². The summed E-state index contributed by atoms with van der Waals surface area (Å²) in [6.07, 6.45) is 2.91. The van der Waals surface area contributed by atoms with E-state index in [0.29, 0.717) is 17.4 Å². The van der Waals surface area contributed by atoms with Gasteiger partial charge < -0.3 is 10.3 Å². The second-order valence-corrected chi connectivity index (χ2v) is 6.52. The van der Waals surface area contributed by atoms with E-state index in [1.165, 1.54) is 0 Å². The summed E-state index contributed by atoms with van der Waals surface area (Å²) in [5, 5.41) is 11.3. The molecule has 2 aromatic heterocycles. The van der Waals surface area contributed by atoms with E-state index in [9.17, 15) is 0 Å². The molecule has 120 valence electrons. The maximum Gasteiger partial charge on any atom is 0.276 e. The number of aromatic nitrogens is 4. The zero-order chi connectivity index (χ0) is 15.2. The summed E-state index contributed by atoms with van der Waals surface area (Å²) in [5.74, 6) is 0.996. The van der Waals surface area contributed by atoms with E-state index >= 15 is 0 Å². The molecule has 0 bridgehead atoms. The van der Waals surface area contributed by atoms with Crippen molar-refractivity contribution in [3.8, 4) is 22.8 Å². The predicted molar refractivity (Wildman–Crippen MR) is 92.0 cm³/mol. The molecule has 6 nitrogen and oxygen atoms in total. The Morgan fingerprint density at radius 1 is 1.22 bits per heavy atom. The predicted octanol–water partition coefficient (Wildman–Crippen LogP) is 3.65. The fourth-order valence-electron chi connectivity index (χ4n) is 2.52. The Labute approximate surface area is 147 Å². The number of nitrogens with one attached hydrogen (secondary N) is 1. The van der Waals surface area contributed by atoms with Crippen LogP contribution in [0, 0.1) is 0 Å². The van der Waals surface area contributed by atoms with Crippen LogP contribution >= 0.6 is 28.3 Å². The molecule has 0 unspecified atom stereocenters. The smallest absolute Gasteiger partial charge is 0.276 e. The molecule has 3 N–H and O–H groups in total. The van der Waals surface area contributed by atoms with E-state index < -0.39 is 5.54 Å². The number of H-pyrrole nitrogens is 1. The molecule has 1 aromatic carbocycles. The van der Waals surface area contributed by atoms with E-state index in [1.54, 1.807) is 0 Å². The number of rotatable bonds is 3. The third kappa shape index (κ3) is 2.91. The maximum absolute atomic E-state index is 6.21. The lowest BCUT2D eigenvalue weighted by Crippen LogP contribution is -2.44. The van der Waals surface area contributed by atoms with Gasteiger partial charge in [0, 0.05) is 10.0 Å².